The Labute approximate surface area is 426 Å². The minimum Gasteiger partial charge on any atom is -0.477 e. The number of anilines is 2. The third-order valence-electron chi connectivity index (χ3n) is 13.7. The van der Waals surface area contributed by atoms with E-state index in [1.165, 1.54) is 35.7 Å². The lowest BCUT2D eigenvalue weighted by atomic mass is 10.1. The second-order valence-corrected chi connectivity index (χ2v) is 19.2. The minimum atomic E-state index is -1.28. The summed E-state index contributed by atoms with van der Waals surface area (Å²) >= 11 is 3.41. The summed E-state index contributed by atoms with van der Waals surface area (Å²) in [5.74, 6) is -3.53. The normalized spacial score (nSPS) is 15.9. The van der Waals surface area contributed by atoms with Gasteiger partial charge < -0.3 is 34.5 Å². The van der Waals surface area contributed by atoms with E-state index in [1.54, 1.807) is 24.5 Å². The van der Waals surface area contributed by atoms with Crippen molar-refractivity contribution in [3.8, 4) is 11.4 Å². The van der Waals surface area contributed by atoms with E-state index in [1.807, 2.05) is 52.8 Å². The first kappa shape index (κ1) is 49.1. The van der Waals surface area contributed by atoms with Crippen LogP contribution in [-0.4, -0.2) is 108 Å². The van der Waals surface area contributed by atoms with E-state index >= 15 is 4.39 Å². The number of carboxylic acid groups (broad SMARTS) is 2. The molecule has 16 nitrogen and oxygen atoms in total. The van der Waals surface area contributed by atoms with Crippen LogP contribution in [-0.2, 0) is 11.9 Å². The van der Waals surface area contributed by atoms with Crippen LogP contribution in [0.15, 0.2) is 132 Å². The number of benzene rings is 4. The van der Waals surface area contributed by atoms with Gasteiger partial charge in [-0.25, -0.2) is 27.7 Å². The molecule has 2 saturated carbocycles. The van der Waals surface area contributed by atoms with Crippen LogP contribution in [0.25, 0.3) is 33.2 Å². The van der Waals surface area contributed by atoms with E-state index in [4.69, 9.17) is 0 Å². The highest BCUT2D eigenvalue weighted by molar-refractivity contribution is 9.08. The summed E-state index contributed by atoms with van der Waals surface area (Å²) in [6.45, 7) is 6.66. The van der Waals surface area contributed by atoms with Gasteiger partial charge >= 0.3 is 11.9 Å². The molecule has 4 aromatic heterocycles. The maximum absolute atomic E-state index is 15.2. The lowest BCUT2D eigenvalue weighted by Crippen LogP contribution is -2.46. The van der Waals surface area contributed by atoms with Crippen molar-refractivity contribution < 1.29 is 28.6 Å². The van der Waals surface area contributed by atoms with Crippen molar-refractivity contribution in [2.24, 2.45) is 0 Å². The standard InChI is InChI=1S/C27H26FN5O3.C17H18FN3O3.C10H9BrN2/c28-23-14-21-24(32(19-6-7-19)17-22(26(21)34)27(35)36)15-25(23)31-12-10-30(11-13-31)16-18-2-4-20(5-3-18)33-9-1-8-29-33;18-13-7-11-14(8-15(13)20-5-3-19-4-6-20)21(10-1-2-10)9-12(16(11)22)17(23)24;11-8-9-2-4-10(5-3-9)13-7-1-6-12-13/h1-5,8-9,14-15,17,19H,6-7,10-13,16H2,(H,35,36);7-10,19H,1-6H2,(H,23,24);1-7H,8H2. The van der Waals surface area contributed by atoms with Crippen molar-refractivity contribution in [1.82, 2.24) is 38.9 Å². The Balaban J connectivity index is 0.000000141. The third-order valence-corrected chi connectivity index (χ3v) is 14.3. The number of rotatable bonds is 11. The van der Waals surface area contributed by atoms with Crippen LogP contribution in [0.4, 0.5) is 20.2 Å². The van der Waals surface area contributed by atoms with E-state index in [0.717, 1.165) is 75.1 Å². The molecule has 8 aromatic rings. The van der Waals surface area contributed by atoms with Crippen molar-refractivity contribution in [2.45, 2.75) is 49.6 Å². The third kappa shape index (κ3) is 10.8. The molecular formula is C54H53BrF2N10O6. The molecule has 376 valence electrons. The molecule has 0 radical (unpaired) electrons. The van der Waals surface area contributed by atoms with Crippen molar-refractivity contribution >= 4 is 61.0 Å². The Kier molecular flexibility index (Phi) is 14.3. The molecule has 0 bridgehead atoms. The fourth-order valence-corrected chi connectivity index (χ4v) is 9.84. The van der Waals surface area contributed by atoms with E-state index < -0.39 is 34.4 Å². The Morgan fingerprint density at radius 2 is 1.05 bits per heavy atom. The van der Waals surface area contributed by atoms with Gasteiger partial charge in [-0.1, -0.05) is 40.2 Å². The molecule has 4 fully saturated rings. The molecule has 0 amide bonds. The van der Waals surface area contributed by atoms with Gasteiger partial charge in [-0.3, -0.25) is 14.5 Å². The first-order valence-electron chi connectivity index (χ1n) is 24.3. The maximum atomic E-state index is 15.2. The first-order valence-corrected chi connectivity index (χ1v) is 25.5. The number of hydrogen-bond donors (Lipinski definition) is 3. The van der Waals surface area contributed by atoms with Crippen molar-refractivity contribution in [3.05, 3.63) is 176 Å². The molecule has 19 heteroatoms. The molecule has 0 unspecified atom stereocenters. The fraction of sp³-hybridized carbons (Fsp3) is 0.296. The van der Waals surface area contributed by atoms with E-state index in [0.29, 0.717) is 48.6 Å². The van der Waals surface area contributed by atoms with Crippen LogP contribution in [0.3, 0.4) is 0 Å². The molecule has 3 N–H and O–H groups in total. The number of nitrogens with one attached hydrogen (secondary N) is 1. The highest BCUT2D eigenvalue weighted by atomic mass is 79.9. The molecule has 2 saturated heterocycles. The number of aromatic carboxylic acids is 2. The highest BCUT2D eigenvalue weighted by Crippen LogP contribution is 2.39. The zero-order valence-corrected chi connectivity index (χ0v) is 41.4. The average molecular weight is 1060 g/mol. The number of carbonyl (C=O) groups is 2. The Morgan fingerprint density at radius 3 is 1.45 bits per heavy atom. The summed E-state index contributed by atoms with van der Waals surface area (Å²) in [7, 11) is 0. The Bertz CT molecular complexity index is 3400. The number of pyridine rings is 2. The summed E-state index contributed by atoms with van der Waals surface area (Å²) in [5.41, 5.74) is 4.86. The zero-order valence-electron chi connectivity index (χ0n) is 39.8. The minimum absolute atomic E-state index is 0.125. The lowest BCUT2D eigenvalue weighted by molar-refractivity contribution is 0.0684. The summed E-state index contributed by atoms with van der Waals surface area (Å²) in [6.07, 6.45) is 13.9. The quantitative estimate of drug-likeness (QED) is 0.107. The van der Waals surface area contributed by atoms with Crippen molar-refractivity contribution in [2.75, 3.05) is 62.2 Å². The molecule has 6 heterocycles. The molecule has 0 spiro atoms. The molecule has 2 aliphatic carbocycles. The number of piperazine rings is 2. The van der Waals surface area contributed by atoms with Crippen LogP contribution < -0.4 is 26.0 Å². The molecular weight excluding hydrogens is 1000 g/mol. The highest BCUT2D eigenvalue weighted by Gasteiger charge is 2.30. The number of nitrogens with zero attached hydrogens (tertiary/aromatic N) is 9. The van der Waals surface area contributed by atoms with Gasteiger partial charge in [-0.2, -0.15) is 10.2 Å². The average Bonchev–Trinajstić information content (AvgIpc) is 4.32. The molecule has 4 aromatic carbocycles. The Morgan fingerprint density at radius 1 is 0.616 bits per heavy atom. The van der Waals surface area contributed by atoms with Crippen LogP contribution in [0.2, 0.25) is 0 Å². The molecule has 2 aliphatic heterocycles. The fourth-order valence-electron chi connectivity index (χ4n) is 9.46. The van der Waals surface area contributed by atoms with Crippen LogP contribution in [0, 0.1) is 11.6 Å². The lowest BCUT2D eigenvalue weighted by Gasteiger charge is -2.36. The summed E-state index contributed by atoms with van der Waals surface area (Å²) in [6, 6.07) is 26.6. The van der Waals surface area contributed by atoms with Crippen LogP contribution in [0.5, 0.6) is 0 Å². The smallest absolute Gasteiger partial charge is 0.341 e. The van der Waals surface area contributed by atoms with E-state index in [2.05, 4.69) is 84.9 Å². The number of fused-ring (bicyclic) bond motifs is 2. The Hall–Kier alpha value is -7.48. The predicted molar refractivity (Wildman–Crippen MR) is 279 cm³/mol. The van der Waals surface area contributed by atoms with Crippen LogP contribution in [0.1, 0.15) is 69.6 Å². The predicted octanol–water partition coefficient (Wildman–Crippen LogP) is 8.03. The van der Waals surface area contributed by atoms with Crippen LogP contribution >= 0.6 is 15.9 Å². The van der Waals surface area contributed by atoms with E-state index in [-0.39, 0.29) is 34.0 Å². The van der Waals surface area contributed by atoms with Gasteiger partial charge in [0.1, 0.15) is 22.8 Å². The summed E-state index contributed by atoms with van der Waals surface area (Å²) in [5, 5.41) is 31.5. The number of alkyl halides is 1. The zero-order chi connectivity index (χ0) is 50.8. The number of halogens is 3. The topological polar surface area (TPSA) is 176 Å². The molecule has 4 aliphatic rings. The number of hydrogen-bond acceptors (Lipinski definition) is 10. The summed E-state index contributed by atoms with van der Waals surface area (Å²) < 4.78 is 37.1. The van der Waals surface area contributed by atoms with Gasteiger partial charge in [0.25, 0.3) is 0 Å². The maximum Gasteiger partial charge on any atom is 0.341 e. The van der Waals surface area contributed by atoms with Gasteiger partial charge in [0.15, 0.2) is 0 Å². The SMILES string of the molecule is BrCc1ccc(-n2cccn2)cc1.O=C(O)c1cn(C2CC2)c2cc(N3CCN(Cc4ccc(-n5cccn5)cc4)CC3)c(F)cc2c1=O.O=C(O)c1cn(C2CC2)c2cc(N3CCNCC3)c(F)cc2c1=O. The van der Waals surface area contributed by atoms with Gasteiger partial charge in [0.05, 0.1) is 33.8 Å². The van der Waals surface area contributed by atoms with Gasteiger partial charge in [-0.05, 0) is 97.5 Å². The number of aromatic nitrogens is 6. The summed E-state index contributed by atoms with van der Waals surface area (Å²) in [4.78, 5) is 54.4. The number of carboxylic acids is 2. The van der Waals surface area contributed by atoms with Gasteiger partial charge in [0, 0.05) is 124 Å². The van der Waals surface area contributed by atoms with Gasteiger partial charge in [-0.15, -0.1) is 0 Å². The van der Waals surface area contributed by atoms with Crippen molar-refractivity contribution in [1.29, 1.82) is 0 Å². The molecule has 0 atom stereocenters. The van der Waals surface area contributed by atoms with E-state index in [9.17, 15) is 33.8 Å². The monoisotopic (exact) mass is 1050 g/mol. The first-order chi connectivity index (χ1) is 35.4. The van der Waals surface area contributed by atoms with Gasteiger partial charge in [0.2, 0.25) is 10.9 Å². The molecule has 73 heavy (non-hydrogen) atoms. The second kappa shape index (κ2) is 21.3. The van der Waals surface area contributed by atoms with Crippen molar-refractivity contribution in [3.63, 3.8) is 0 Å². The largest absolute Gasteiger partial charge is 0.477 e. The molecule has 12 rings (SSSR count). The second-order valence-electron chi connectivity index (χ2n) is 18.6.